The first-order valence-electron chi connectivity index (χ1n) is 5.79. The van der Waals surface area contributed by atoms with E-state index in [-0.39, 0.29) is 11.9 Å². The smallest absolute Gasteiger partial charge is 0.134 e. The van der Waals surface area contributed by atoms with Crippen molar-refractivity contribution in [1.29, 1.82) is 0 Å². The Morgan fingerprint density at radius 2 is 2.18 bits per heavy atom. The Morgan fingerprint density at radius 3 is 2.76 bits per heavy atom. The molecule has 0 spiro atoms. The number of hydrogen-bond acceptors (Lipinski definition) is 3. The molecule has 0 amide bonds. The molecular formula is C13H20FNO2. The molecule has 0 radical (unpaired) electrons. The van der Waals surface area contributed by atoms with Crippen LogP contribution in [0.3, 0.4) is 0 Å². The Morgan fingerprint density at radius 1 is 1.41 bits per heavy atom. The van der Waals surface area contributed by atoms with Crippen molar-refractivity contribution in [2.24, 2.45) is 0 Å². The number of hydrogen-bond donors (Lipinski definition) is 1. The van der Waals surface area contributed by atoms with Crippen LogP contribution >= 0.6 is 0 Å². The second-order valence-corrected chi connectivity index (χ2v) is 3.91. The van der Waals surface area contributed by atoms with E-state index in [0.717, 1.165) is 6.54 Å². The normalized spacial score (nSPS) is 12.5. The molecule has 0 fully saturated rings. The minimum atomic E-state index is -0.248. The SMILES string of the molecule is CCNCC(COC)Oc1ccc(C)c(F)c1. The zero-order valence-electron chi connectivity index (χ0n) is 10.6. The van der Waals surface area contributed by atoms with Gasteiger partial charge in [0.25, 0.3) is 0 Å². The van der Waals surface area contributed by atoms with Crippen molar-refractivity contribution in [3.05, 3.63) is 29.6 Å². The van der Waals surface area contributed by atoms with Gasteiger partial charge in [0.05, 0.1) is 6.61 Å². The molecule has 1 aromatic carbocycles. The number of halogens is 1. The molecule has 1 aromatic rings. The van der Waals surface area contributed by atoms with Crippen LogP contribution < -0.4 is 10.1 Å². The van der Waals surface area contributed by atoms with Crippen LogP contribution in [0.25, 0.3) is 0 Å². The number of nitrogens with one attached hydrogen (secondary N) is 1. The van der Waals surface area contributed by atoms with Crippen LogP contribution in [-0.2, 0) is 4.74 Å². The van der Waals surface area contributed by atoms with Crippen molar-refractivity contribution in [2.45, 2.75) is 20.0 Å². The molecule has 0 saturated heterocycles. The third-order valence-corrected chi connectivity index (χ3v) is 2.42. The fourth-order valence-corrected chi connectivity index (χ4v) is 1.47. The average molecular weight is 241 g/mol. The van der Waals surface area contributed by atoms with Crippen molar-refractivity contribution >= 4 is 0 Å². The highest BCUT2D eigenvalue weighted by Gasteiger charge is 2.10. The van der Waals surface area contributed by atoms with Gasteiger partial charge in [0.15, 0.2) is 0 Å². The maximum Gasteiger partial charge on any atom is 0.134 e. The van der Waals surface area contributed by atoms with Gasteiger partial charge >= 0.3 is 0 Å². The molecule has 0 saturated carbocycles. The number of likely N-dealkylation sites (N-methyl/N-ethyl adjacent to an activating group) is 1. The monoisotopic (exact) mass is 241 g/mol. The third kappa shape index (κ3) is 4.71. The molecule has 0 heterocycles. The van der Waals surface area contributed by atoms with Crippen molar-refractivity contribution in [1.82, 2.24) is 5.32 Å². The van der Waals surface area contributed by atoms with Gasteiger partial charge < -0.3 is 14.8 Å². The molecule has 17 heavy (non-hydrogen) atoms. The molecule has 1 atom stereocenters. The first-order valence-corrected chi connectivity index (χ1v) is 5.79. The van der Waals surface area contributed by atoms with Crippen LogP contribution in [0.1, 0.15) is 12.5 Å². The van der Waals surface area contributed by atoms with Crippen LogP contribution in [-0.4, -0.2) is 32.9 Å². The van der Waals surface area contributed by atoms with Gasteiger partial charge in [0, 0.05) is 19.7 Å². The minimum Gasteiger partial charge on any atom is -0.487 e. The van der Waals surface area contributed by atoms with E-state index in [9.17, 15) is 4.39 Å². The van der Waals surface area contributed by atoms with E-state index in [4.69, 9.17) is 9.47 Å². The first-order chi connectivity index (χ1) is 8.17. The summed E-state index contributed by atoms with van der Waals surface area (Å²) >= 11 is 0. The number of benzene rings is 1. The van der Waals surface area contributed by atoms with Crippen molar-refractivity contribution < 1.29 is 13.9 Å². The predicted octanol–water partition coefficient (Wildman–Crippen LogP) is 2.14. The molecule has 0 aliphatic heterocycles. The Kier molecular flexibility index (Phi) is 5.94. The van der Waals surface area contributed by atoms with E-state index < -0.39 is 0 Å². The Hall–Kier alpha value is -1.13. The van der Waals surface area contributed by atoms with Crippen LogP contribution in [0.15, 0.2) is 18.2 Å². The van der Waals surface area contributed by atoms with Gasteiger partial charge in [-0.15, -0.1) is 0 Å². The second kappa shape index (κ2) is 7.25. The maximum atomic E-state index is 13.3. The van der Waals surface area contributed by atoms with Gasteiger partial charge in [0.1, 0.15) is 17.7 Å². The van der Waals surface area contributed by atoms with E-state index >= 15 is 0 Å². The molecular weight excluding hydrogens is 221 g/mol. The average Bonchev–Trinajstić information content (AvgIpc) is 2.31. The fourth-order valence-electron chi connectivity index (χ4n) is 1.47. The Balaban J connectivity index is 2.61. The summed E-state index contributed by atoms with van der Waals surface area (Å²) in [6.45, 7) is 5.77. The van der Waals surface area contributed by atoms with Gasteiger partial charge in [0.2, 0.25) is 0 Å². The quantitative estimate of drug-likeness (QED) is 0.793. The number of ether oxygens (including phenoxy) is 2. The highest BCUT2D eigenvalue weighted by molar-refractivity contribution is 5.28. The Bertz CT molecular complexity index is 344. The third-order valence-electron chi connectivity index (χ3n) is 2.42. The van der Waals surface area contributed by atoms with Crippen molar-refractivity contribution in [3.8, 4) is 5.75 Å². The molecule has 0 aliphatic carbocycles. The van der Waals surface area contributed by atoms with Gasteiger partial charge in [-0.3, -0.25) is 0 Å². The molecule has 96 valence electrons. The molecule has 3 nitrogen and oxygen atoms in total. The summed E-state index contributed by atoms with van der Waals surface area (Å²) < 4.78 is 24.1. The minimum absolute atomic E-state index is 0.109. The van der Waals surface area contributed by atoms with Gasteiger partial charge in [-0.1, -0.05) is 13.0 Å². The summed E-state index contributed by atoms with van der Waals surface area (Å²) in [6.07, 6.45) is -0.109. The standard InChI is InChI=1S/C13H20FNO2/c1-4-15-8-12(9-16-3)17-11-6-5-10(2)13(14)7-11/h5-7,12,15H,4,8-9H2,1-3H3. The van der Waals surface area contributed by atoms with Crippen LogP contribution in [0, 0.1) is 12.7 Å². The molecule has 1 rings (SSSR count). The zero-order chi connectivity index (χ0) is 12.7. The summed E-state index contributed by atoms with van der Waals surface area (Å²) in [4.78, 5) is 0. The molecule has 0 aliphatic rings. The molecule has 1 N–H and O–H groups in total. The highest BCUT2D eigenvalue weighted by atomic mass is 19.1. The summed E-state index contributed by atoms with van der Waals surface area (Å²) in [7, 11) is 1.62. The molecule has 0 aromatic heterocycles. The van der Waals surface area contributed by atoms with Crippen LogP contribution in [0.4, 0.5) is 4.39 Å². The lowest BCUT2D eigenvalue weighted by molar-refractivity contribution is 0.0807. The van der Waals surface area contributed by atoms with Crippen molar-refractivity contribution in [3.63, 3.8) is 0 Å². The van der Waals surface area contributed by atoms with Gasteiger partial charge in [-0.2, -0.15) is 0 Å². The predicted molar refractivity (Wildman–Crippen MR) is 66.0 cm³/mol. The second-order valence-electron chi connectivity index (χ2n) is 3.91. The summed E-state index contributed by atoms with van der Waals surface area (Å²) in [5, 5.41) is 3.18. The lowest BCUT2D eigenvalue weighted by Gasteiger charge is -2.18. The van der Waals surface area contributed by atoms with Gasteiger partial charge in [-0.05, 0) is 25.1 Å². The lowest BCUT2D eigenvalue weighted by Crippen LogP contribution is -2.34. The number of rotatable bonds is 7. The largest absolute Gasteiger partial charge is 0.487 e. The maximum absolute atomic E-state index is 13.3. The van der Waals surface area contributed by atoms with E-state index in [1.165, 1.54) is 6.07 Å². The van der Waals surface area contributed by atoms with Crippen molar-refractivity contribution in [2.75, 3.05) is 26.8 Å². The lowest BCUT2D eigenvalue weighted by atomic mass is 10.2. The zero-order valence-corrected chi connectivity index (χ0v) is 10.6. The van der Waals surface area contributed by atoms with E-state index in [2.05, 4.69) is 5.32 Å². The van der Waals surface area contributed by atoms with E-state index in [0.29, 0.717) is 24.5 Å². The van der Waals surface area contributed by atoms with E-state index in [1.807, 2.05) is 6.92 Å². The number of aryl methyl sites for hydroxylation is 1. The highest BCUT2D eigenvalue weighted by Crippen LogP contribution is 2.17. The summed E-state index contributed by atoms with van der Waals surface area (Å²) in [5.41, 5.74) is 0.618. The van der Waals surface area contributed by atoms with Gasteiger partial charge in [-0.25, -0.2) is 4.39 Å². The fraction of sp³-hybridized carbons (Fsp3) is 0.538. The van der Waals surface area contributed by atoms with Crippen LogP contribution in [0.2, 0.25) is 0 Å². The molecule has 4 heteroatoms. The number of methoxy groups -OCH3 is 1. The summed E-state index contributed by atoms with van der Waals surface area (Å²) in [5.74, 6) is 0.287. The molecule has 1 unspecified atom stereocenters. The first kappa shape index (κ1) is 13.9. The van der Waals surface area contributed by atoms with E-state index in [1.54, 1.807) is 26.2 Å². The topological polar surface area (TPSA) is 30.5 Å². The van der Waals surface area contributed by atoms with Crippen LogP contribution in [0.5, 0.6) is 5.75 Å². The summed E-state index contributed by atoms with van der Waals surface area (Å²) in [6, 6.07) is 4.89. The molecule has 0 bridgehead atoms. The Labute approximate surface area is 102 Å².